The first kappa shape index (κ1) is 17.4. The van der Waals surface area contributed by atoms with Crippen LogP contribution >= 0.6 is 6.72 Å². The number of hydrogen-bond donors (Lipinski definition) is 0. The van der Waals surface area contributed by atoms with Gasteiger partial charge in [-0.25, -0.2) is 0 Å². The summed E-state index contributed by atoms with van der Waals surface area (Å²) in [6.45, 7) is -3.12. The van der Waals surface area contributed by atoms with Gasteiger partial charge in [-0.15, -0.1) is 0 Å². The molecule has 0 spiro atoms. The first-order chi connectivity index (χ1) is 12.0. The van der Waals surface area contributed by atoms with E-state index in [0.29, 0.717) is 11.5 Å². The second-order valence-electron chi connectivity index (χ2n) is 5.04. The van der Waals surface area contributed by atoms with E-state index in [0.717, 1.165) is 10.8 Å². The van der Waals surface area contributed by atoms with E-state index >= 15 is 0 Å². The van der Waals surface area contributed by atoms with Crippen molar-refractivity contribution in [1.82, 2.24) is 0 Å². The second-order valence-corrected chi connectivity index (χ2v) is 8.01. The zero-order valence-electron chi connectivity index (χ0n) is 13.2. The normalized spacial score (nSPS) is 13.2. The average molecular weight is 375 g/mol. The molecule has 0 aromatic heterocycles. The van der Waals surface area contributed by atoms with Gasteiger partial charge in [-0.3, -0.25) is 14.6 Å². The van der Waals surface area contributed by atoms with Crippen LogP contribution in [0.25, 0.3) is 10.8 Å². The molecule has 0 aliphatic carbocycles. The van der Waals surface area contributed by atoms with Gasteiger partial charge >= 0.3 is 6.72 Å². The van der Waals surface area contributed by atoms with E-state index in [9.17, 15) is 10.1 Å². The summed E-state index contributed by atoms with van der Waals surface area (Å²) in [5.74, 6) is 0.904. The van der Waals surface area contributed by atoms with E-state index in [1.807, 2.05) is 36.4 Å². The molecule has 3 aromatic carbocycles. The van der Waals surface area contributed by atoms with Gasteiger partial charge in [0.2, 0.25) is 0 Å². The van der Waals surface area contributed by atoms with Gasteiger partial charge < -0.3 is 9.05 Å². The van der Waals surface area contributed by atoms with Crippen LogP contribution in [0.5, 0.6) is 11.5 Å². The number of nitrogens with zero attached hydrogens (tertiary/aromatic N) is 1. The Morgan fingerprint density at radius 1 is 0.960 bits per heavy atom. The van der Waals surface area contributed by atoms with Gasteiger partial charge in [0.05, 0.1) is 4.92 Å². The summed E-state index contributed by atoms with van der Waals surface area (Å²) >= 11 is 5.43. The molecule has 0 bridgehead atoms. The minimum atomic E-state index is -3.12. The third-order valence-electron chi connectivity index (χ3n) is 3.45. The maximum Gasteiger partial charge on any atom is 0.434 e. The zero-order valence-corrected chi connectivity index (χ0v) is 14.9. The predicted molar refractivity (Wildman–Crippen MR) is 99.6 cm³/mol. The minimum absolute atomic E-state index is 0.0342. The number of non-ortho nitro benzene ring substituents is 1. The van der Waals surface area contributed by atoms with Crippen molar-refractivity contribution in [2.45, 2.75) is 0 Å². The number of rotatable bonds is 6. The summed E-state index contributed by atoms with van der Waals surface area (Å²) < 4.78 is 16.9. The standard InChI is InChI=1S/C17H14NO5PS/c1-21-24(25,22-15-11-9-14(10-12-15)18(19)20)23-17-8-4-6-13-5-2-3-7-16(13)17/h2-12H,1H3. The lowest BCUT2D eigenvalue weighted by atomic mass is 10.1. The molecule has 0 N–H and O–H groups in total. The monoisotopic (exact) mass is 375 g/mol. The summed E-state index contributed by atoms with van der Waals surface area (Å²) in [7, 11) is 1.41. The molecule has 0 amide bonds. The Morgan fingerprint density at radius 3 is 2.32 bits per heavy atom. The first-order valence-corrected chi connectivity index (χ1v) is 9.83. The lowest BCUT2D eigenvalue weighted by molar-refractivity contribution is -0.384. The lowest BCUT2D eigenvalue weighted by Crippen LogP contribution is -2.03. The molecule has 128 valence electrons. The molecular weight excluding hydrogens is 361 g/mol. The molecule has 3 aromatic rings. The summed E-state index contributed by atoms with van der Waals surface area (Å²) in [4.78, 5) is 10.2. The molecular formula is C17H14NO5PS. The van der Waals surface area contributed by atoms with Gasteiger partial charge in [-0.2, -0.15) is 0 Å². The van der Waals surface area contributed by atoms with Crippen LogP contribution < -0.4 is 9.05 Å². The third kappa shape index (κ3) is 3.96. The summed E-state index contributed by atoms with van der Waals surface area (Å²) in [5, 5.41) is 12.6. The second kappa shape index (κ2) is 7.19. The molecule has 0 heterocycles. The highest BCUT2D eigenvalue weighted by molar-refractivity contribution is 8.07. The van der Waals surface area contributed by atoms with E-state index in [1.165, 1.54) is 31.4 Å². The Hall–Kier alpha value is -2.47. The fourth-order valence-corrected chi connectivity index (χ4v) is 3.71. The van der Waals surface area contributed by atoms with Crippen molar-refractivity contribution in [2.24, 2.45) is 0 Å². The molecule has 8 heteroatoms. The maximum atomic E-state index is 10.7. The van der Waals surface area contributed by atoms with Gasteiger partial charge in [0.1, 0.15) is 11.5 Å². The molecule has 0 fully saturated rings. The van der Waals surface area contributed by atoms with Crippen LogP contribution in [0.15, 0.2) is 66.7 Å². The van der Waals surface area contributed by atoms with Crippen molar-refractivity contribution >= 4 is 35.0 Å². The number of nitro benzene ring substituents is 1. The van der Waals surface area contributed by atoms with Crippen LogP contribution in [0.2, 0.25) is 0 Å². The minimum Gasteiger partial charge on any atom is -0.416 e. The molecule has 0 radical (unpaired) electrons. The highest BCUT2D eigenvalue weighted by Gasteiger charge is 2.24. The predicted octanol–water partition coefficient (Wildman–Crippen LogP) is 5.08. The van der Waals surface area contributed by atoms with Crippen molar-refractivity contribution < 1.29 is 18.5 Å². The highest BCUT2D eigenvalue weighted by Crippen LogP contribution is 2.50. The number of benzene rings is 3. The van der Waals surface area contributed by atoms with Crippen LogP contribution in [0.1, 0.15) is 0 Å². The highest BCUT2D eigenvalue weighted by atomic mass is 32.5. The fraction of sp³-hybridized carbons (Fsp3) is 0.0588. The molecule has 25 heavy (non-hydrogen) atoms. The molecule has 0 saturated heterocycles. The molecule has 6 nitrogen and oxygen atoms in total. The van der Waals surface area contributed by atoms with Crippen molar-refractivity contribution in [3.63, 3.8) is 0 Å². The molecule has 0 aliphatic heterocycles. The largest absolute Gasteiger partial charge is 0.434 e. The van der Waals surface area contributed by atoms with Gasteiger partial charge in [-0.1, -0.05) is 36.4 Å². The van der Waals surface area contributed by atoms with E-state index < -0.39 is 11.6 Å². The van der Waals surface area contributed by atoms with Crippen LogP contribution in [-0.4, -0.2) is 12.0 Å². The Morgan fingerprint density at radius 2 is 1.64 bits per heavy atom. The quantitative estimate of drug-likeness (QED) is 0.340. The van der Waals surface area contributed by atoms with E-state index in [1.54, 1.807) is 6.07 Å². The number of nitro groups is 1. The maximum absolute atomic E-state index is 10.7. The molecule has 1 unspecified atom stereocenters. The van der Waals surface area contributed by atoms with Crippen molar-refractivity contribution in [3.05, 3.63) is 76.8 Å². The Bertz CT molecular complexity index is 955. The van der Waals surface area contributed by atoms with Crippen molar-refractivity contribution in [3.8, 4) is 11.5 Å². The molecule has 1 atom stereocenters. The smallest absolute Gasteiger partial charge is 0.416 e. The van der Waals surface area contributed by atoms with Crippen molar-refractivity contribution in [2.75, 3.05) is 7.11 Å². The zero-order chi connectivity index (χ0) is 17.9. The SMILES string of the molecule is COP(=S)(Oc1ccc([N+](=O)[O-])cc1)Oc1cccc2ccccc12. The van der Waals surface area contributed by atoms with Crippen LogP contribution in [0, 0.1) is 10.1 Å². The number of fused-ring (bicyclic) bond motifs is 1. The van der Waals surface area contributed by atoms with Gasteiger partial charge in [0.25, 0.3) is 5.69 Å². The average Bonchev–Trinajstić information content (AvgIpc) is 2.62. The fourth-order valence-electron chi connectivity index (χ4n) is 2.25. The summed E-state index contributed by atoms with van der Waals surface area (Å²) in [5.41, 5.74) is -0.0342. The van der Waals surface area contributed by atoms with Gasteiger partial charge in [-0.05, 0) is 23.6 Å². The molecule has 0 aliphatic rings. The molecule has 3 rings (SSSR count). The van der Waals surface area contributed by atoms with Crippen LogP contribution in [-0.2, 0) is 16.3 Å². The van der Waals surface area contributed by atoms with Gasteiger partial charge in [0.15, 0.2) is 0 Å². The van der Waals surface area contributed by atoms with Crippen molar-refractivity contribution in [1.29, 1.82) is 0 Å². The first-order valence-electron chi connectivity index (χ1n) is 7.28. The lowest BCUT2D eigenvalue weighted by Gasteiger charge is -2.21. The van der Waals surface area contributed by atoms with E-state index in [4.69, 9.17) is 25.4 Å². The third-order valence-corrected chi connectivity index (χ3v) is 5.64. The number of hydrogen-bond acceptors (Lipinski definition) is 6. The summed E-state index contributed by atoms with van der Waals surface area (Å²) in [6, 6.07) is 19.0. The van der Waals surface area contributed by atoms with Crippen LogP contribution in [0.3, 0.4) is 0 Å². The Kier molecular flexibility index (Phi) is 4.99. The van der Waals surface area contributed by atoms with E-state index in [2.05, 4.69) is 0 Å². The molecule has 0 saturated carbocycles. The van der Waals surface area contributed by atoms with E-state index in [-0.39, 0.29) is 5.69 Å². The topological polar surface area (TPSA) is 70.8 Å². The summed E-state index contributed by atoms with van der Waals surface area (Å²) in [6.07, 6.45) is 0. The van der Waals surface area contributed by atoms with Crippen LogP contribution in [0.4, 0.5) is 5.69 Å². The Balaban J connectivity index is 1.87. The van der Waals surface area contributed by atoms with Gasteiger partial charge in [0, 0.05) is 36.4 Å². The Labute approximate surface area is 149 Å².